The van der Waals surface area contributed by atoms with Crippen LogP contribution in [0.4, 0.5) is 0 Å². The van der Waals surface area contributed by atoms with Gasteiger partial charge >= 0.3 is 0 Å². The summed E-state index contributed by atoms with van der Waals surface area (Å²) in [5.74, 6) is 0. The Morgan fingerprint density at radius 1 is 0.912 bits per heavy atom. The van der Waals surface area contributed by atoms with Gasteiger partial charge in [-0.15, -0.1) is 11.3 Å². The van der Waals surface area contributed by atoms with Crippen LogP contribution in [0.3, 0.4) is 0 Å². The van der Waals surface area contributed by atoms with Crippen LogP contribution in [0, 0.1) is 25.2 Å². The van der Waals surface area contributed by atoms with Crippen LogP contribution in [0.1, 0.15) is 38.8 Å². The van der Waals surface area contributed by atoms with Gasteiger partial charge in [0, 0.05) is 11.8 Å². The van der Waals surface area contributed by atoms with E-state index in [9.17, 15) is 5.26 Å². The summed E-state index contributed by atoms with van der Waals surface area (Å²) in [6.45, 7) is 4.68. The molecule has 0 saturated heterocycles. The molecule has 34 heavy (non-hydrogen) atoms. The van der Waals surface area contributed by atoms with E-state index in [1.807, 2.05) is 36.0 Å². The third-order valence-electron chi connectivity index (χ3n) is 6.28. The average molecular weight is 461 g/mol. The molecule has 5 aromatic rings. The summed E-state index contributed by atoms with van der Waals surface area (Å²) in [4.78, 5) is 5.35. The smallest absolute Gasteiger partial charge is 0.119 e. The van der Waals surface area contributed by atoms with Crippen LogP contribution < -0.4 is 0 Å². The minimum absolute atomic E-state index is 0.277. The molecular formula is C30H24N2OS. The summed E-state index contributed by atoms with van der Waals surface area (Å²) in [6.07, 6.45) is 1.60. The number of benzene rings is 4. The molecule has 4 heteroatoms. The molecule has 3 nitrogen and oxygen atoms in total. The largest absolute Gasteiger partial charge is 0.363 e. The first-order valence-electron chi connectivity index (χ1n) is 11.2. The lowest BCUT2D eigenvalue weighted by atomic mass is 9.93. The van der Waals surface area contributed by atoms with Crippen molar-refractivity contribution in [2.45, 2.75) is 26.6 Å². The Morgan fingerprint density at radius 2 is 1.74 bits per heavy atom. The third-order valence-corrected chi connectivity index (χ3v) is 7.10. The average Bonchev–Trinajstić information content (AvgIpc) is 3.40. The van der Waals surface area contributed by atoms with E-state index in [0.29, 0.717) is 12.2 Å². The summed E-state index contributed by atoms with van der Waals surface area (Å²) in [6, 6.07) is 29.3. The molecule has 0 saturated carbocycles. The second-order valence-electron chi connectivity index (χ2n) is 8.41. The van der Waals surface area contributed by atoms with Gasteiger partial charge in [0.1, 0.15) is 6.10 Å². The van der Waals surface area contributed by atoms with Gasteiger partial charge in [-0.05, 0) is 64.6 Å². The zero-order chi connectivity index (χ0) is 23.5. The van der Waals surface area contributed by atoms with Crippen LogP contribution in [-0.2, 0) is 11.3 Å². The minimum Gasteiger partial charge on any atom is -0.363 e. The van der Waals surface area contributed by atoms with Gasteiger partial charge in [0.05, 0.1) is 28.6 Å². The molecule has 0 amide bonds. The molecule has 0 N–H and O–H groups in total. The van der Waals surface area contributed by atoms with Crippen molar-refractivity contribution in [2.75, 3.05) is 0 Å². The number of hydrogen-bond acceptors (Lipinski definition) is 4. The normalized spacial score (nSPS) is 11.9. The zero-order valence-corrected chi connectivity index (χ0v) is 20.0. The number of nitrogens with zero attached hydrogens (tertiary/aromatic N) is 2. The Kier molecular flexibility index (Phi) is 6.22. The van der Waals surface area contributed by atoms with Crippen molar-refractivity contribution < 1.29 is 4.74 Å². The highest BCUT2D eigenvalue weighted by molar-refractivity contribution is 7.09. The molecule has 0 bridgehead atoms. The Labute approximate surface area is 203 Å². The molecule has 166 valence electrons. The van der Waals surface area contributed by atoms with E-state index < -0.39 is 0 Å². The van der Waals surface area contributed by atoms with E-state index in [2.05, 4.69) is 79.5 Å². The molecule has 0 aliphatic carbocycles. The van der Waals surface area contributed by atoms with Crippen molar-refractivity contribution in [1.82, 2.24) is 4.98 Å². The molecule has 4 aromatic carbocycles. The zero-order valence-electron chi connectivity index (χ0n) is 19.2. The first-order chi connectivity index (χ1) is 16.7. The van der Waals surface area contributed by atoms with Crippen LogP contribution in [0.15, 0.2) is 90.6 Å². The standard InChI is InChI=1S/C30H24N2OS/c1-20-7-3-5-9-25(20)27-15-23(13-14-24(27)16-31)30(29-17-32-19-34-29)33-18-28-21(2)11-12-22-8-4-6-10-26(22)28/h3-15,17,19,30H,18H2,1-2H3. The molecule has 0 aliphatic heterocycles. The van der Waals surface area contributed by atoms with Gasteiger partial charge < -0.3 is 4.74 Å². The summed E-state index contributed by atoms with van der Waals surface area (Å²) < 4.78 is 6.63. The number of ether oxygens (including phenoxy) is 1. The third kappa shape index (κ3) is 4.24. The van der Waals surface area contributed by atoms with Gasteiger partial charge in [0.15, 0.2) is 0 Å². The Bertz CT molecular complexity index is 1500. The number of thiazole rings is 1. The molecule has 1 aromatic heterocycles. The summed E-state index contributed by atoms with van der Waals surface area (Å²) in [5, 5.41) is 12.2. The summed E-state index contributed by atoms with van der Waals surface area (Å²) in [7, 11) is 0. The molecule has 0 spiro atoms. The minimum atomic E-state index is -0.277. The molecule has 0 aliphatic rings. The van der Waals surface area contributed by atoms with Crippen LogP contribution in [0.25, 0.3) is 21.9 Å². The van der Waals surface area contributed by atoms with E-state index in [1.165, 1.54) is 21.9 Å². The van der Waals surface area contributed by atoms with Crippen molar-refractivity contribution in [3.8, 4) is 17.2 Å². The Morgan fingerprint density at radius 3 is 2.53 bits per heavy atom. The quantitative estimate of drug-likeness (QED) is 0.260. The molecule has 1 unspecified atom stereocenters. The lowest BCUT2D eigenvalue weighted by Gasteiger charge is -2.20. The second kappa shape index (κ2) is 9.61. The van der Waals surface area contributed by atoms with E-state index in [-0.39, 0.29) is 6.10 Å². The highest BCUT2D eigenvalue weighted by Gasteiger charge is 2.20. The van der Waals surface area contributed by atoms with Gasteiger partial charge in [-0.3, -0.25) is 4.98 Å². The Hall–Kier alpha value is -3.78. The summed E-state index contributed by atoms with van der Waals surface area (Å²) >= 11 is 1.58. The maximum Gasteiger partial charge on any atom is 0.119 e. The molecule has 0 fully saturated rings. The monoisotopic (exact) mass is 460 g/mol. The maximum atomic E-state index is 9.78. The molecule has 1 heterocycles. The fourth-order valence-electron chi connectivity index (χ4n) is 4.42. The number of aromatic nitrogens is 1. The van der Waals surface area contributed by atoms with Crippen LogP contribution in [0.2, 0.25) is 0 Å². The highest BCUT2D eigenvalue weighted by atomic mass is 32.1. The van der Waals surface area contributed by atoms with Gasteiger partial charge in [0.2, 0.25) is 0 Å². The highest BCUT2D eigenvalue weighted by Crippen LogP contribution is 2.35. The predicted molar refractivity (Wildman–Crippen MR) is 139 cm³/mol. The van der Waals surface area contributed by atoms with Crippen LogP contribution >= 0.6 is 11.3 Å². The number of fused-ring (bicyclic) bond motifs is 1. The van der Waals surface area contributed by atoms with Crippen LogP contribution in [-0.4, -0.2) is 4.98 Å². The SMILES string of the molecule is Cc1ccccc1-c1cc(C(OCc2c(C)ccc3ccccc23)c2cncs2)ccc1C#N. The van der Waals surface area contributed by atoms with Crippen molar-refractivity contribution >= 4 is 22.1 Å². The van der Waals surface area contributed by atoms with E-state index >= 15 is 0 Å². The number of rotatable bonds is 6. The van der Waals surface area contributed by atoms with E-state index in [0.717, 1.165) is 27.1 Å². The fourth-order valence-corrected chi connectivity index (χ4v) is 5.11. The topological polar surface area (TPSA) is 45.9 Å². The van der Waals surface area contributed by atoms with Gasteiger partial charge in [-0.2, -0.15) is 5.26 Å². The fraction of sp³-hybridized carbons (Fsp3) is 0.133. The van der Waals surface area contributed by atoms with Crippen molar-refractivity contribution in [2.24, 2.45) is 0 Å². The summed E-state index contributed by atoms with van der Waals surface area (Å²) in [5.41, 5.74) is 9.04. The number of aryl methyl sites for hydroxylation is 2. The van der Waals surface area contributed by atoms with Crippen LogP contribution in [0.5, 0.6) is 0 Å². The van der Waals surface area contributed by atoms with Crippen molar-refractivity contribution in [1.29, 1.82) is 5.26 Å². The predicted octanol–water partition coefficient (Wildman–Crippen LogP) is 7.76. The first-order valence-corrected chi connectivity index (χ1v) is 12.1. The molecular weight excluding hydrogens is 436 g/mol. The maximum absolute atomic E-state index is 9.78. The van der Waals surface area contributed by atoms with Gasteiger partial charge in [-0.25, -0.2) is 0 Å². The first kappa shape index (κ1) is 22.0. The molecule has 5 rings (SSSR count). The van der Waals surface area contributed by atoms with E-state index in [4.69, 9.17) is 4.74 Å². The lowest BCUT2D eigenvalue weighted by molar-refractivity contribution is 0.0693. The number of nitriles is 1. The molecule has 1 atom stereocenters. The number of hydrogen-bond donors (Lipinski definition) is 0. The second-order valence-corrected chi connectivity index (χ2v) is 9.33. The Balaban J connectivity index is 1.56. The van der Waals surface area contributed by atoms with E-state index in [1.54, 1.807) is 11.3 Å². The van der Waals surface area contributed by atoms with Gasteiger partial charge in [0.25, 0.3) is 0 Å². The molecule has 0 radical (unpaired) electrons. The lowest BCUT2D eigenvalue weighted by Crippen LogP contribution is -2.07. The van der Waals surface area contributed by atoms with Gasteiger partial charge in [-0.1, -0.05) is 66.7 Å². The van der Waals surface area contributed by atoms with Crippen molar-refractivity contribution in [3.05, 3.63) is 123 Å². The van der Waals surface area contributed by atoms with Crippen molar-refractivity contribution in [3.63, 3.8) is 0 Å².